The molecule has 5 nitrogen and oxygen atoms in total. The first-order chi connectivity index (χ1) is 8.06. The lowest BCUT2D eigenvalue weighted by atomic mass is 10.1. The first-order valence-electron chi connectivity index (χ1n) is 5.41. The van der Waals surface area contributed by atoms with Crippen LogP contribution in [0.25, 0.3) is 0 Å². The van der Waals surface area contributed by atoms with E-state index in [9.17, 15) is 4.79 Å². The van der Waals surface area contributed by atoms with E-state index in [1.165, 1.54) is 7.11 Å². The summed E-state index contributed by atoms with van der Waals surface area (Å²) >= 11 is 0. The molecule has 94 valence electrons. The summed E-state index contributed by atoms with van der Waals surface area (Å²) in [6.07, 6.45) is -0.426. The molecule has 0 saturated heterocycles. The number of rotatable bonds is 4. The van der Waals surface area contributed by atoms with Crippen LogP contribution in [0, 0.1) is 0 Å². The molecule has 0 aliphatic rings. The number of hydrogen-bond donors (Lipinski definition) is 2. The van der Waals surface area contributed by atoms with Gasteiger partial charge in [0.15, 0.2) is 0 Å². The van der Waals surface area contributed by atoms with Gasteiger partial charge in [0, 0.05) is 17.8 Å². The molecular weight excluding hydrogens is 220 g/mol. The van der Waals surface area contributed by atoms with Crippen LogP contribution in [0.2, 0.25) is 0 Å². The Kier molecular flexibility index (Phi) is 4.78. The Balaban J connectivity index is 2.88. The van der Waals surface area contributed by atoms with Gasteiger partial charge in [0.2, 0.25) is 0 Å². The quantitative estimate of drug-likeness (QED) is 0.842. The first-order valence-corrected chi connectivity index (χ1v) is 5.41. The van der Waals surface area contributed by atoms with Crippen molar-refractivity contribution in [1.82, 2.24) is 0 Å². The van der Waals surface area contributed by atoms with Gasteiger partial charge in [-0.15, -0.1) is 0 Å². The maximum Gasteiger partial charge on any atom is 0.411 e. The third-order valence-electron chi connectivity index (χ3n) is 2.07. The van der Waals surface area contributed by atoms with E-state index in [2.05, 4.69) is 10.1 Å². The van der Waals surface area contributed by atoms with Crippen LogP contribution in [0.5, 0.6) is 5.75 Å². The largest absolute Gasteiger partial charge is 0.491 e. The number of anilines is 1. The van der Waals surface area contributed by atoms with Crippen LogP contribution in [0.4, 0.5) is 10.5 Å². The maximum atomic E-state index is 11.0. The van der Waals surface area contributed by atoms with Gasteiger partial charge >= 0.3 is 6.09 Å². The van der Waals surface area contributed by atoms with Crippen molar-refractivity contribution in [3.8, 4) is 5.75 Å². The molecule has 0 radical (unpaired) electrons. The second-order valence-electron chi connectivity index (χ2n) is 3.81. The Hall–Kier alpha value is -1.75. The van der Waals surface area contributed by atoms with Gasteiger partial charge in [0.1, 0.15) is 5.75 Å². The molecule has 0 bridgehead atoms. The number of methoxy groups -OCH3 is 1. The van der Waals surface area contributed by atoms with Crippen molar-refractivity contribution in [3.05, 3.63) is 23.8 Å². The minimum Gasteiger partial charge on any atom is -0.491 e. The fraction of sp³-hybridized carbons (Fsp3) is 0.417. The smallest absolute Gasteiger partial charge is 0.411 e. The van der Waals surface area contributed by atoms with Crippen LogP contribution in [-0.4, -0.2) is 19.3 Å². The van der Waals surface area contributed by atoms with E-state index in [0.717, 1.165) is 11.3 Å². The van der Waals surface area contributed by atoms with Gasteiger partial charge in [-0.3, -0.25) is 5.32 Å². The average molecular weight is 238 g/mol. The van der Waals surface area contributed by atoms with Crippen LogP contribution in [0.3, 0.4) is 0 Å². The molecule has 17 heavy (non-hydrogen) atoms. The zero-order valence-corrected chi connectivity index (χ0v) is 10.3. The van der Waals surface area contributed by atoms with Crippen LogP contribution in [0.1, 0.15) is 19.4 Å². The monoisotopic (exact) mass is 238 g/mol. The Morgan fingerprint density at radius 3 is 2.71 bits per heavy atom. The lowest BCUT2D eigenvalue weighted by Crippen LogP contribution is -2.13. The highest BCUT2D eigenvalue weighted by atomic mass is 16.5. The van der Waals surface area contributed by atoms with Crippen molar-refractivity contribution in [2.24, 2.45) is 5.73 Å². The Bertz CT molecular complexity index is 391. The fourth-order valence-electron chi connectivity index (χ4n) is 1.35. The molecule has 0 unspecified atom stereocenters. The molecule has 0 heterocycles. The van der Waals surface area contributed by atoms with Gasteiger partial charge in [0.05, 0.1) is 13.2 Å². The Labute approximate surface area is 101 Å². The molecule has 1 aromatic carbocycles. The molecule has 0 atom stereocenters. The van der Waals surface area contributed by atoms with Crippen molar-refractivity contribution in [3.63, 3.8) is 0 Å². The highest BCUT2D eigenvalue weighted by Gasteiger charge is 2.07. The third kappa shape index (κ3) is 3.96. The van der Waals surface area contributed by atoms with Crippen LogP contribution in [0.15, 0.2) is 18.2 Å². The maximum absolute atomic E-state index is 11.0. The van der Waals surface area contributed by atoms with E-state index < -0.39 is 6.09 Å². The topological polar surface area (TPSA) is 73.6 Å². The van der Waals surface area contributed by atoms with E-state index in [0.29, 0.717) is 12.2 Å². The third-order valence-corrected chi connectivity index (χ3v) is 2.07. The van der Waals surface area contributed by atoms with Gasteiger partial charge in [-0.05, 0) is 32.0 Å². The molecule has 0 spiro atoms. The minimum atomic E-state index is -0.509. The molecule has 0 aliphatic heterocycles. The van der Waals surface area contributed by atoms with E-state index in [1.807, 2.05) is 13.8 Å². The van der Waals surface area contributed by atoms with E-state index in [1.54, 1.807) is 18.2 Å². The highest BCUT2D eigenvalue weighted by molar-refractivity contribution is 5.84. The van der Waals surface area contributed by atoms with Gasteiger partial charge in [-0.25, -0.2) is 4.79 Å². The van der Waals surface area contributed by atoms with E-state index >= 15 is 0 Å². The summed E-state index contributed by atoms with van der Waals surface area (Å²) in [6.45, 7) is 4.24. The molecule has 0 saturated carbocycles. The zero-order valence-electron chi connectivity index (χ0n) is 10.3. The normalized spacial score (nSPS) is 10.2. The van der Waals surface area contributed by atoms with Gasteiger partial charge in [0.25, 0.3) is 0 Å². The van der Waals surface area contributed by atoms with E-state index in [-0.39, 0.29) is 6.10 Å². The SMILES string of the molecule is COC(=O)Nc1ccc(OC(C)C)c(CN)c1. The number of nitrogens with two attached hydrogens (primary N) is 1. The Morgan fingerprint density at radius 2 is 2.18 bits per heavy atom. The van der Waals surface area contributed by atoms with Crippen molar-refractivity contribution < 1.29 is 14.3 Å². The number of carbonyl (C=O) groups is 1. The second kappa shape index (κ2) is 6.10. The van der Waals surface area contributed by atoms with Gasteiger partial charge in [-0.2, -0.15) is 0 Å². The summed E-state index contributed by atoms with van der Waals surface area (Å²) in [5.74, 6) is 0.734. The average Bonchev–Trinajstić information content (AvgIpc) is 2.30. The van der Waals surface area contributed by atoms with Gasteiger partial charge < -0.3 is 15.2 Å². The predicted octanol–water partition coefficient (Wildman–Crippen LogP) is 2.11. The number of carbonyl (C=O) groups excluding carboxylic acids is 1. The number of nitrogens with one attached hydrogen (secondary N) is 1. The summed E-state index contributed by atoms with van der Waals surface area (Å²) in [5, 5.41) is 2.57. The zero-order chi connectivity index (χ0) is 12.8. The summed E-state index contributed by atoms with van der Waals surface area (Å²) in [7, 11) is 1.31. The molecule has 1 rings (SSSR count). The molecule has 5 heteroatoms. The molecule has 0 aromatic heterocycles. The summed E-state index contributed by atoms with van der Waals surface area (Å²) in [6, 6.07) is 5.30. The molecule has 1 amide bonds. The Morgan fingerprint density at radius 1 is 1.47 bits per heavy atom. The molecule has 3 N–H and O–H groups in total. The van der Waals surface area contributed by atoms with Crippen molar-refractivity contribution in [1.29, 1.82) is 0 Å². The van der Waals surface area contributed by atoms with Crippen LogP contribution in [-0.2, 0) is 11.3 Å². The van der Waals surface area contributed by atoms with Crippen molar-refractivity contribution in [2.45, 2.75) is 26.5 Å². The summed E-state index contributed by atoms with van der Waals surface area (Å²) in [4.78, 5) is 11.0. The minimum absolute atomic E-state index is 0.0831. The summed E-state index contributed by atoms with van der Waals surface area (Å²) < 4.78 is 10.1. The number of amides is 1. The van der Waals surface area contributed by atoms with E-state index in [4.69, 9.17) is 10.5 Å². The van der Waals surface area contributed by atoms with Crippen LogP contribution < -0.4 is 15.8 Å². The molecule has 0 fully saturated rings. The first kappa shape index (κ1) is 13.3. The summed E-state index contributed by atoms with van der Waals surface area (Å²) in [5.41, 5.74) is 7.11. The lowest BCUT2D eigenvalue weighted by Gasteiger charge is -2.14. The lowest BCUT2D eigenvalue weighted by molar-refractivity contribution is 0.187. The molecule has 1 aromatic rings. The highest BCUT2D eigenvalue weighted by Crippen LogP contribution is 2.23. The van der Waals surface area contributed by atoms with Crippen LogP contribution >= 0.6 is 0 Å². The molecular formula is C12H18N2O3. The fourth-order valence-corrected chi connectivity index (χ4v) is 1.35. The van der Waals surface area contributed by atoms with Crippen molar-refractivity contribution in [2.75, 3.05) is 12.4 Å². The number of ether oxygens (including phenoxy) is 2. The second-order valence-corrected chi connectivity index (χ2v) is 3.81. The standard InChI is InChI=1S/C12H18N2O3/c1-8(2)17-11-5-4-10(6-9(11)7-13)14-12(15)16-3/h4-6,8H,7,13H2,1-3H3,(H,14,15). The number of hydrogen-bond acceptors (Lipinski definition) is 4. The molecule has 0 aliphatic carbocycles. The predicted molar refractivity (Wildman–Crippen MR) is 66.1 cm³/mol. The van der Waals surface area contributed by atoms with Gasteiger partial charge in [-0.1, -0.05) is 0 Å². The number of benzene rings is 1. The van der Waals surface area contributed by atoms with Crippen molar-refractivity contribution >= 4 is 11.8 Å².